The average Bonchev–Trinajstić information content (AvgIpc) is 2.98. The molecule has 2 aromatic rings. The number of fused-ring (bicyclic) bond motifs is 1. The molecule has 0 bridgehead atoms. The van der Waals surface area contributed by atoms with Crippen molar-refractivity contribution in [1.29, 1.82) is 0 Å². The second-order valence-electron chi connectivity index (χ2n) is 6.71. The van der Waals surface area contributed by atoms with Crippen LogP contribution in [0.15, 0.2) is 36.4 Å². The van der Waals surface area contributed by atoms with Gasteiger partial charge in [-0.05, 0) is 53.6 Å². The number of anilines is 1. The number of ether oxygens (including phenoxy) is 2. The van der Waals surface area contributed by atoms with Gasteiger partial charge in [0.25, 0.3) is 17.4 Å². The lowest BCUT2D eigenvalue weighted by Crippen LogP contribution is -2.40. The third-order valence-electron chi connectivity index (χ3n) is 4.81. The highest BCUT2D eigenvalue weighted by Gasteiger charge is 2.42. The third kappa shape index (κ3) is 3.58. The second kappa shape index (κ2) is 6.99. The second-order valence-corrected chi connectivity index (χ2v) is 7.87. The van der Waals surface area contributed by atoms with Gasteiger partial charge in [0.15, 0.2) is 11.5 Å². The predicted octanol–water partition coefficient (Wildman–Crippen LogP) is 4.88. The van der Waals surface area contributed by atoms with E-state index in [2.05, 4.69) is 5.32 Å². The molecule has 1 aliphatic carbocycles. The predicted molar refractivity (Wildman–Crippen MR) is 107 cm³/mol. The van der Waals surface area contributed by atoms with Crippen LogP contribution in [0.5, 0.6) is 11.5 Å². The molecule has 0 saturated heterocycles. The van der Waals surface area contributed by atoms with Crippen LogP contribution in [0.3, 0.4) is 0 Å². The van der Waals surface area contributed by atoms with Gasteiger partial charge in [0.1, 0.15) is 0 Å². The number of hydrogen-bond donors (Lipinski definition) is 1. The Morgan fingerprint density at radius 2 is 1.81 bits per heavy atom. The summed E-state index contributed by atoms with van der Waals surface area (Å²) in [7, 11) is 0. The van der Waals surface area contributed by atoms with E-state index in [4.69, 9.17) is 9.47 Å². The molecule has 8 heteroatoms. The van der Waals surface area contributed by atoms with Crippen molar-refractivity contribution in [3.8, 4) is 11.5 Å². The number of carbonyl (C=O) groups excluding carboxylic acids is 1. The van der Waals surface area contributed by atoms with Gasteiger partial charge in [0.05, 0.1) is 10.5 Å². The van der Waals surface area contributed by atoms with Gasteiger partial charge in [0, 0.05) is 40.3 Å². The van der Waals surface area contributed by atoms with E-state index in [1.165, 1.54) is 18.6 Å². The van der Waals surface area contributed by atoms with Crippen LogP contribution in [0, 0.1) is 13.7 Å². The van der Waals surface area contributed by atoms with Crippen molar-refractivity contribution in [1.82, 2.24) is 0 Å². The summed E-state index contributed by atoms with van der Waals surface area (Å²) >= 11 is 1.98. The van der Waals surface area contributed by atoms with Gasteiger partial charge in [0.2, 0.25) is 0 Å². The number of rotatable bonds is 3. The van der Waals surface area contributed by atoms with Crippen LogP contribution in [0.4, 0.5) is 11.4 Å². The van der Waals surface area contributed by atoms with Crippen LogP contribution in [0.25, 0.3) is 0 Å². The van der Waals surface area contributed by atoms with Crippen molar-refractivity contribution in [2.24, 2.45) is 0 Å². The molecule has 1 heterocycles. The van der Waals surface area contributed by atoms with Crippen LogP contribution < -0.4 is 14.8 Å². The molecule has 1 N–H and O–H groups in total. The summed E-state index contributed by atoms with van der Waals surface area (Å²) in [5.74, 6) is 0.316. The fourth-order valence-corrected chi connectivity index (χ4v) is 4.05. The molecular weight excluding hydrogens is 463 g/mol. The fourth-order valence-electron chi connectivity index (χ4n) is 3.47. The first-order chi connectivity index (χ1) is 13.0. The summed E-state index contributed by atoms with van der Waals surface area (Å²) in [6.45, 7) is 0. The summed E-state index contributed by atoms with van der Waals surface area (Å²) in [4.78, 5) is 23.0. The molecule has 0 aromatic heterocycles. The zero-order valence-electron chi connectivity index (χ0n) is 14.4. The van der Waals surface area contributed by atoms with Gasteiger partial charge in [-0.3, -0.25) is 14.9 Å². The monoisotopic (exact) mass is 480 g/mol. The number of benzene rings is 2. The van der Waals surface area contributed by atoms with E-state index in [0.29, 0.717) is 20.8 Å². The Kier molecular flexibility index (Phi) is 4.67. The number of nitro benzene ring substituents is 1. The largest absolute Gasteiger partial charge is 0.448 e. The maximum absolute atomic E-state index is 12.6. The van der Waals surface area contributed by atoms with Gasteiger partial charge < -0.3 is 14.8 Å². The van der Waals surface area contributed by atoms with E-state index in [0.717, 1.165) is 25.7 Å². The Labute approximate surface area is 169 Å². The Morgan fingerprint density at radius 1 is 1.07 bits per heavy atom. The maximum Gasteiger partial charge on any atom is 0.270 e. The highest BCUT2D eigenvalue weighted by atomic mass is 127. The number of carbonyl (C=O) groups is 1. The first kappa shape index (κ1) is 18.0. The van der Waals surface area contributed by atoms with Gasteiger partial charge >= 0.3 is 0 Å². The molecule has 1 fully saturated rings. The lowest BCUT2D eigenvalue weighted by Gasteiger charge is -2.31. The number of nitrogens with zero attached hydrogens (tertiary/aromatic N) is 1. The molecule has 0 unspecified atom stereocenters. The van der Waals surface area contributed by atoms with Gasteiger partial charge in [-0.15, -0.1) is 0 Å². The SMILES string of the molecule is O=C(Nc1ccc2c(c1)OC1(CCCCC1)O2)c1cc([N+](=O)[O-])ccc1I. The lowest BCUT2D eigenvalue weighted by molar-refractivity contribution is -0.384. The van der Waals surface area contributed by atoms with Crippen LogP contribution in [-0.4, -0.2) is 16.6 Å². The lowest BCUT2D eigenvalue weighted by atomic mass is 9.94. The fraction of sp³-hybridized carbons (Fsp3) is 0.316. The number of nitro groups is 1. The molecule has 1 aliphatic heterocycles. The van der Waals surface area contributed by atoms with E-state index in [9.17, 15) is 14.9 Å². The van der Waals surface area contributed by atoms with Crippen molar-refractivity contribution >= 4 is 39.9 Å². The van der Waals surface area contributed by atoms with Crippen LogP contribution in [0.1, 0.15) is 42.5 Å². The Balaban J connectivity index is 1.53. The summed E-state index contributed by atoms with van der Waals surface area (Å²) < 4.78 is 12.7. The highest BCUT2D eigenvalue weighted by Crippen LogP contribution is 2.46. The minimum atomic E-state index is -0.571. The van der Waals surface area contributed by atoms with E-state index in [1.807, 2.05) is 22.6 Å². The van der Waals surface area contributed by atoms with E-state index >= 15 is 0 Å². The molecule has 2 aromatic carbocycles. The molecule has 140 valence electrons. The Morgan fingerprint density at radius 3 is 2.56 bits per heavy atom. The van der Waals surface area contributed by atoms with Crippen LogP contribution >= 0.6 is 22.6 Å². The van der Waals surface area contributed by atoms with Gasteiger partial charge in [-0.2, -0.15) is 0 Å². The molecule has 7 nitrogen and oxygen atoms in total. The normalized spacial score (nSPS) is 16.9. The molecular formula is C19H17IN2O5. The average molecular weight is 480 g/mol. The van der Waals surface area contributed by atoms with Crippen LogP contribution in [-0.2, 0) is 0 Å². The summed E-state index contributed by atoms with van der Waals surface area (Å²) in [5, 5.41) is 13.7. The van der Waals surface area contributed by atoms with Crippen molar-refractivity contribution in [2.45, 2.75) is 37.9 Å². The molecule has 2 aliphatic rings. The van der Waals surface area contributed by atoms with Crippen molar-refractivity contribution in [2.75, 3.05) is 5.32 Å². The molecule has 0 radical (unpaired) electrons. The van der Waals surface area contributed by atoms with E-state index < -0.39 is 16.6 Å². The highest BCUT2D eigenvalue weighted by molar-refractivity contribution is 14.1. The minimum absolute atomic E-state index is 0.120. The zero-order valence-corrected chi connectivity index (χ0v) is 16.5. The number of hydrogen-bond acceptors (Lipinski definition) is 5. The quantitative estimate of drug-likeness (QED) is 0.384. The topological polar surface area (TPSA) is 90.7 Å². The summed E-state index contributed by atoms with van der Waals surface area (Å²) in [6, 6.07) is 9.48. The van der Waals surface area contributed by atoms with Crippen molar-refractivity contribution in [3.63, 3.8) is 0 Å². The van der Waals surface area contributed by atoms with Gasteiger partial charge in [-0.25, -0.2) is 0 Å². The van der Waals surface area contributed by atoms with E-state index in [-0.39, 0.29) is 11.3 Å². The first-order valence-corrected chi connectivity index (χ1v) is 9.81. The number of non-ortho nitro benzene ring substituents is 1. The molecule has 0 atom stereocenters. The Hall–Kier alpha value is -2.36. The standard InChI is InChI=1S/C19H17IN2O5/c20-15-6-5-13(22(24)25)11-14(15)18(23)21-12-4-7-16-17(10-12)27-19(26-16)8-2-1-3-9-19/h4-7,10-11H,1-3,8-9H2,(H,21,23). The maximum atomic E-state index is 12.6. The third-order valence-corrected chi connectivity index (χ3v) is 5.75. The minimum Gasteiger partial charge on any atom is -0.448 e. The Bertz CT molecular complexity index is 924. The molecule has 1 spiro atoms. The first-order valence-electron chi connectivity index (χ1n) is 8.73. The molecule has 1 saturated carbocycles. The molecule has 1 amide bonds. The van der Waals surface area contributed by atoms with Crippen molar-refractivity contribution in [3.05, 3.63) is 55.6 Å². The number of amides is 1. The smallest absolute Gasteiger partial charge is 0.270 e. The van der Waals surface area contributed by atoms with E-state index in [1.54, 1.807) is 24.3 Å². The zero-order chi connectivity index (χ0) is 19.0. The molecule has 4 rings (SSSR count). The number of nitrogens with one attached hydrogen (secondary N) is 1. The van der Waals surface area contributed by atoms with Gasteiger partial charge in [-0.1, -0.05) is 6.42 Å². The summed E-state index contributed by atoms with van der Waals surface area (Å²) in [5.41, 5.74) is 0.689. The van der Waals surface area contributed by atoms with Crippen molar-refractivity contribution < 1.29 is 19.2 Å². The molecule has 27 heavy (non-hydrogen) atoms. The summed E-state index contributed by atoms with van der Waals surface area (Å²) in [6.07, 6.45) is 5.05. The number of halogens is 1. The van der Waals surface area contributed by atoms with Crippen LogP contribution in [0.2, 0.25) is 0 Å².